The first-order valence-corrected chi connectivity index (χ1v) is 6.84. The first kappa shape index (κ1) is 17.1. The molecule has 1 aliphatic heterocycles. The van der Waals surface area contributed by atoms with Gasteiger partial charge >= 0.3 is 0 Å². The van der Waals surface area contributed by atoms with Crippen LogP contribution in [0.3, 0.4) is 0 Å². The number of likely N-dealkylation sites (tertiary alicyclic amines) is 1. The molecule has 20 heavy (non-hydrogen) atoms. The third kappa shape index (κ3) is 3.57. The van der Waals surface area contributed by atoms with Crippen molar-refractivity contribution in [1.82, 2.24) is 10.2 Å². The van der Waals surface area contributed by atoms with Crippen LogP contribution in [-0.2, 0) is 0 Å². The van der Waals surface area contributed by atoms with Crippen LogP contribution in [0, 0.1) is 0 Å². The zero-order chi connectivity index (χ0) is 13.8. The number of halogens is 2. The van der Waals surface area contributed by atoms with Crippen LogP contribution in [0.5, 0.6) is 5.75 Å². The quantitative estimate of drug-likeness (QED) is 0.931. The van der Waals surface area contributed by atoms with Crippen LogP contribution < -0.4 is 10.1 Å². The molecule has 0 aliphatic carbocycles. The van der Waals surface area contributed by atoms with E-state index in [1.165, 1.54) is 0 Å². The summed E-state index contributed by atoms with van der Waals surface area (Å²) in [6, 6.07) is 5.62. The van der Waals surface area contributed by atoms with Crippen molar-refractivity contribution in [3.63, 3.8) is 0 Å². The van der Waals surface area contributed by atoms with E-state index in [9.17, 15) is 4.79 Å². The molecule has 0 bridgehead atoms. The predicted molar refractivity (Wildman–Crippen MR) is 83.2 cm³/mol. The highest BCUT2D eigenvalue weighted by molar-refractivity contribution is 6.34. The molecule has 0 aromatic heterocycles. The van der Waals surface area contributed by atoms with E-state index in [0.29, 0.717) is 28.9 Å². The number of carbonyl (C=O) groups is 1. The number of hydrogen-bond acceptors (Lipinski definition) is 3. The van der Waals surface area contributed by atoms with Crippen molar-refractivity contribution >= 4 is 29.9 Å². The van der Waals surface area contributed by atoms with Gasteiger partial charge in [-0.1, -0.05) is 17.7 Å². The molecule has 1 fully saturated rings. The van der Waals surface area contributed by atoms with E-state index in [4.69, 9.17) is 16.3 Å². The second-order valence-corrected chi connectivity index (χ2v) is 5.10. The molecule has 0 radical (unpaired) electrons. The lowest BCUT2D eigenvalue weighted by molar-refractivity contribution is 0.0695. The highest BCUT2D eigenvalue weighted by Crippen LogP contribution is 2.28. The summed E-state index contributed by atoms with van der Waals surface area (Å²) in [5.74, 6) is 0.478. The van der Waals surface area contributed by atoms with E-state index >= 15 is 0 Å². The number of hydrogen-bond donors (Lipinski definition) is 1. The van der Waals surface area contributed by atoms with E-state index in [0.717, 1.165) is 19.4 Å². The number of nitrogens with zero attached hydrogens (tertiary/aromatic N) is 1. The Bertz CT molecular complexity index is 468. The largest absolute Gasteiger partial charge is 0.496 e. The maximum absolute atomic E-state index is 12.6. The summed E-state index contributed by atoms with van der Waals surface area (Å²) in [6.07, 6.45) is 2.10. The summed E-state index contributed by atoms with van der Waals surface area (Å²) in [7, 11) is 3.48. The molecule has 1 aromatic carbocycles. The molecule has 1 heterocycles. The van der Waals surface area contributed by atoms with Gasteiger partial charge < -0.3 is 15.0 Å². The summed E-state index contributed by atoms with van der Waals surface area (Å²) in [6.45, 7) is 1.48. The molecular formula is C14H20Cl2N2O2. The highest BCUT2D eigenvalue weighted by atomic mass is 35.5. The number of methoxy groups -OCH3 is 1. The zero-order valence-corrected chi connectivity index (χ0v) is 13.3. The van der Waals surface area contributed by atoms with Gasteiger partial charge in [0.05, 0.1) is 12.1 Å². The van der Waals surface area contributed by atoms with Gasteiger partial charge in [-0.2, -0.15) is 0 Å². The Morgan fingerprint density at radius 2 is 2.25 bits per heavy atom. The second kappa shape index (κ2) is 7.72. The Morgan fingerprint density at radius 3 is 2.90 bits per heavy atom. The monoisotopic (exact) mass is 318 g/mol. The van der Waals surface area contributed by atoms with Crippen LogP contribution >= 0.6 is 24.0 Å². The van der Waals surface area contributed by atoms with Crippen LogP contribution in [0.1, 0.15) is 23.2 Å². The highest BCUT2D eigenvalue weighted by Gasteiger charge is 2.26. The van der Waals surface area contributed by atoms with Gasteiger partial charge in [-0.3, -0.25) is 4.79 Å². The van der Waals surface area contributed by atoms with Crippen molar-refractivity contribution in [1.29, 1.82) is 0 Å². The van der Waals surface area contributed by atoms with E-state index in [1.807, 2.05) is 11.9 Å². The zero-order valence-electron chi connectivity index (χ0n) is 11.7. The molecule has 6 heteroatoms. The fourth-order valence-electron chi connectivity index (χ4n) is 2.44. The van der Waals surface area contributed by atoms with Crippen LogP contribution in [0.4, 0.5) is 0 Å². The fourth-order valence-corrected chi connectivity index (χ4v) is 2.68. The maximum Gasteiger partial charge on any atom is 0.259 e. The number of carbonyl (C=O) groups excluding carboxylic acids is 1. The van der Waals surface area contributed by atoms with Crippen LogP contribution in [-0.4, -0.2) is 44.1 Å². The summed E-state index contributed by atoms with van der Waals surface area (Å²) >= 11 is 6.15. The van der Waals surface area contributed by atoms with E-state index in [2.05, 4.69) is 5.32 Å². The Labute approximate surface area is 130 Å². The van der Waals surface area contributed by atoms with Gasteiger partial charge in [-0.15, -0.1) is 12.4 Å². The van der Waals surface area contributed by atoms with Gasteiger partial charge in [0.2, 0.25) is 0 Å². The van der Waals surface area contributed by atoms with E-state index in [1.54, 1.807) is 25.3 Å². The van der Waals surface area contributed by atoms with Gasteiger partial charge in [-0.25, -0.2) is 0 Å². The SMILES string of the molecule is CNC1CCCN(C(=O)c2c(Cl)cccc2OC)C1.Cl. The van der Waals surface area contributed by atoms with Gasteiger partial charge in [0.1, 0.15) is 11.3 Å². The van der Waals surface area contributed by atoms with E-state index < -0.39 is 0 Å². The normalized spacial score (nSPS) is 18.4. The molecule has 1 aliphatic rings. The Balaban J connectivity index is 0.00000200. The van der Waals surface area contributed by atoms with Crippen LogP contribution in [0.25, 0.3) is 0 Å². The van der Waals surface area contributed by atoms with Crippen molar-refractivity contribution < 1.29 is 9.53 Å². The third-order valence-electron chi connectivity index (χ3n) is 3.53. The van der Waals surface area contributed by atoms with Crippen molar-refractivity contribution in [3.05, 3.63) is 28.8 Å². The number of piperidine rings is 1. The maximum atomic E-state index is 12.6. The number of nitrogens with one attached hydrogen (secondary N) is 1. The van der Waals surface area contributed by atoms with Gasteiger partial charge in [-0.05, 0) is 32.0 Å². The number of ether oxygens (including phenoxy) is 1. The molecule has 1 N–H and O–H groups in total. The predicted octanol–water partition coefficient (Wildman–Crippen LogP) is 2.59. The molecule has 112 valence electrons. The van der Waals surface area contributed by atoms with Gasteiger partial charge in [0, 0.05) is 19.1 Å². The standard InChI is InChI=1S/C14H19ClN2O2.ClH/c1-16-10-5-4-8-17(9-10)14(18)13-11(15)6-3-7-12(13)19-2;/h3,6-7,10,16H,4-5,8-9H2,1-2H3;1H. The lowest BCUT2D eigenvalue weighted by atomic mass is 10.0. The smallest absolute Gasteiger partial charge is 0.259 e. The van der Waals surface area contributed by atoms with Gasteiger partial charge in [0.15, 0.2) is 0 Å². The molecular weight excluding hydrogens is 299 g/mol. The van der Waals surface area contributed by atoms with Crippen molar-refractivity contribution in [2.45, 2.75) is 18.9 Å². The Morgan fingerprint density at radius 1 is 1.50 bits per heavy atom. The molecule has 1 amide bonds. The average molecular weight is 319 g/mol. The van der Waals surface area contributed by atoms with Crippen molar-refractivity contribution in [2.24, 2.45) is 0 Å². The number of rotatable bonds is 3. The Hall–Kier alpha value is -0.970. The minimum atomic E-state index is -0.0533. The van der Waals surface area contributed by atoms with E-state index in [-0.39, 0.29) is 18.3 Å². The van der Waals surface area contributed by atoms with Gasteiger partial charge in [0.25, 0.3) is 5.91 Å². The molecule has 0 saturated carbocycles. The topological polar surface area (TPSA) is 41.6 Å². The molecule has 2 rings (SSSR count). The minimum absolute atomic E-state index is 0. The fraction of sp³-hybridized carbons (Fsp3) is 0.500. The molecule has 1 aromatic rings. The minimum Gasteiger partial charge on any atom is -0.496 e. The molecule has 1 atom stereocenters. The number of amides is 1. The number of likely N-dealkylation sites (N-methyl/N-ethyl adjacent to an activating group) is 1. The molecule has 4 nitrogen and oxygen atoms in total. The van der Waals surface area contributed by atoms with Crippen molar-refractivity contribution in [3.8, 4) is 5.75 Å². The second-order valence-electron chi connectivity index (χ2n) is 4.70. The lowest BCUT2D eigenvalue weighted by Crippen LogP contribution is -2.47. The van der Waals surface area contributed by atoms with Crippen molar-refractivity contribution in [2.75, 3.05) is 27.2 Å². The summed E-state index contributed by atoms with van der Waals surface area (Å²) in [5, 5.41) is 3.67. The first-order valence-electron chi connectivity index (χ1n) is 6.46. The summed E-state index contributed by atoms with van der Waals surface area (Å²) in [5.41, 5.74) is 0.461. The molecule has 1 unspecified atom stereocenters. The van der Waals surface area contributed by atoms with Crippen LogP contribution in [0.15, 0.2) is 18.2 Å². The first-order chi connectivity index (χ1) is 9.17. The van der Waals surface area contributed by atoms with Crippen LogP contribution in [0.2, 0.25) is 5.02 Å². The summed E-state index contributed by atoms with van der Waals surface area (Å²) < 4.78 is 5.24. The average Bonchev–Trinajstić information content (AvgIpc) is 2.46. The number of benzene rings is 1. The Kier molecular flexibility index (Phi) is 6.59. The molecule has 1 saturated heterocycles. The third-order valence-corrected chi connectivity index (χ3v) is 3.84. The summed E-state index contributed by atoms with van der Waals surface area (Å²) in [4.78, 5) is 14.4. The lowest BCUT2D eigenvalue weighted by Gasteiger charge is -2.33. The molecule has 0 spiro atoms.